The van der Waals surface area contributed by atoms with Crippen LogP contribution in [0.25, 0.3) is 0 Å². The lowest BCUT2D eigenvalue weighted by Crippen LogP contribution is -2.37. The molecule has 0 heterocycles. The third-order valence-electron chi connectivity index (χ3n) is 4.30. The largest absolute Gasteiger partial charge is 0.478 e. The van der Waals surface area contributed by atoms with Crippen LogP contribution in [0.3, 0.4) is 0 Å². The van der Waals surface area contributed by atoms with Gasteiger partial charge in [0, 0.05) is 6.08 Å². The molecule has 0 saturated carbocycles. The lowest BCUT2D eigenvalue weighted by Gasteiger charge is -2.31. The molecule has 2 unspecified atom stereocenters. The molecule has 142 valence electrons. The number of benzene rings is 1. The van der Waals surface area contributed by atoms with Crippen LogP contribution in [0.2, 0.25) is 0 Å². The summed E-state index contributed by atoms with van der Waals surface area (Å²) in [5.74, 6) is -0.981. The maximum Gasteiger partial charge on any atom is 0.327 e. The molecule has 0 aromatic heterocycles. The number of aliphatic carboxylic acids is 1. The average Bonchev–Trinajstić information content (AvgIpc) is 2.61. The fraction of sp³-hybridized carbons (Fsp3) is 0.571. The van der Waals surface area contributed by atoms with Crippen molar-refractivity contribution >= 4 is 5.97 Å². The summed E-state index contributed by atoms with van der Waals surface area (Å²) in [6.45, 7) is 6.86. The van der Waals surface area contributed by atoms with Crippen LogP contribution < -0.4 is 0 Å². The van der Waals surface area contributed by atoms with Gasteiger partial charge in [0.15, 0.2) is 0 Å². The number of unbranched alkanes of at least 4 members (excludes halogenated alkanes) is 6. The van der Waals surface area contributed by atoms with E-state index in [1.807, 2.05) is 30.3 Å². The second-order valence-electron chi connectivity index (χ2n) is 6.38. The zero-order valence-corrected chi connectivity index (χ0v) is 15.7. The van der Waals surface area contributed by atoms with Gasteiger partial charge in [0.1, 0.15) is 5.60 Å². The van der Waals surface area contributed by atoms with Crippen molar-refractivity contribution in [2.75, 3.05) is 0 Å². The second-order valence-corrected chi connectivity index (χ2v) is 6.38. The predicted molar refractivity (Wildman–Crippen MR) is 102 cm³/mol. The van der Waals surface area contributed by atoms with Crippen LogP contribution in [0, 0.1) is 0 Å². The summed E-state index contributed by atoms with van der Waals surface area (Å²) in [6.07, 6.45) is 9.23. The molecule has 0 aliphatic rings. The van der Waals surface area contributed by atoms with E-state index in [0.717, 1.165) is 24.5 Å². The lowest BCUT2D eigenvalue weighted by atomic mass is 9.84. The summed E-state index contributed by atoms with van der Waals surface area (Å²) in [4.78, 5) is 9.25. The van der Waals surface area contributed by atoms with Crippen molar-refractivity contribution in [3.8, 4) is 0 Å². The lowest BCUT2D eigenvalue weighted by molar-refractivity contribution is -0.131. The number of carbonyl (C=O) groups is 1. The summed E-state index contributed by atoms with van der Waals surface area (Å²) < 4.78 is 0. The van der Waals surface area contributed by atoms with Crippen molar-refractivity contribution in [2.24, 2.45) is 0 Å². The third-order valence-corrected chi connectivity index (χ3v) is 4.30. The number of carboxylic acids is 1. The van der Waals surface area contributed by atoms with Crippen LogP contribution in [0.15, 0.2) is 43.0 Å². The molecule has 0 saturated heterocycles. The maximum absolute atomic E-state index is 10.8. The number of carboxylic acid groups (broad SMARTS) is 1. The van der Waals surface area contributed by atoms with Crippen LogP contribution in [-0.2, 0) is 10.4 Å². The molecule has 0 aliphatic carbocycles. The van der Waals surface area contributed by atoms with E-state index in [2.05, 4.69) is 13.5 Å². The van der Waals surface area contributed by atoms with Gasteiger partial charge < -0.3 is 15.3 Å². The highest BCUT2D eigenvalue weighted by molar-refractivity contribution is 5.78. The van der Waals surface area contributed by atoms with Crippen molar-refractivity contribution in [2.45, 2.75) is 76.9 Å². The number of hydrogen-bond donors (Lipinski definition) is 3. The molecule has 0 radical (unpaired) electrons. The van der Waals surface area contributed by atoms with E-state index < -0.39 is 17.7 Å². The molecular formula is C21H34O4. The molecule has 0 fully saturated rings. The molecule has 0 amide bonds. The molecule has 1 rings (SSSR count). The molecule has 1 aromatic carbocycles. The first kappa shape index (κ1) is 23.4. The monoisotopic (exact) mass is 350 g/mol. The summed E-state index contributed by atoms with van der Waals surface area (Å²) in [5.41, 5.74) is -0.286. The van der Waals surface area contributed by atoms with Gasteiger partial charge in [-0.2, -0.15) is 0 Å². The molecule has 0 aliphatic heterocycles. The van der Waals surface area contributed by atoms with E-state index in [4.69, 9.17) is 5.11 Å². The van der Waals surface area contributed by atoms with Gasteiger partial charge in [-0.3, -0.25) is 0 Å². The molecule has 0 spiro atoms. The smallest absolute Gasteiger partial charge is 0.327 e. The Morgan fingerprint density at radius 3 is 2.04 bits per heavy atom. The molecule has 1 aromatic rings. The number of aliphatic hydroxyl groups excluding tert-OH is 1. The minimum absolute atomic E-state index is 0.627. The Balaban J connectivity index is 0.00000101. The highest BCUT2D eigenvalue weighted by Crippen LogP contribution is 2.31. The van der Waals surface area contributed by atoms with Crippen LogP contribution in [0.1, 0.15) is 70.8 Å². The van der Waals surface area contributed by atoms with Crippen LogP contribution >= 0.6 is 0 Å². The molecular weight excluding hydrogens is 316 g/mol. The van der Waals surface area contributed by atoms with Gasteiger partial charge in [-0.25, -0.2) is 4.79 Å². The standard InChI is InChI=1S/C18H30O2.C3H4O2/c1-3-4-5-6-7-8-12-15-18(20,16(2)19)17-13-10-9-11-14-17;1-2-3(4)5/h9-11,13-14,16,19-20H,3-8,12,15H2,1-2H3;2H,1H2,(H,4,5). The molecule has 3 N–H and O–H groups in total. The highest BCUT2D eigenvalue weighted by atomic mass is 16.4. The Morgan fingerprint density at radius 1 is 1.12 bits per heavy atom. The number of rotatable bonds is 11. The fourth-order valence-corrected chi connectivity index (χ4v) is 2.67. The predicted octanol–water partition coefficient (Wildman–Crippen LogP) is 4.65. The van der Waals surface area contributed by atoms with E-state index in [9.17, 15) is 15.0 Å². The van der Waals surface area contributed by atoms with Gasteiger partial charge in [-0.15, -0.1) is 0 Å². The van der Waals surface area contributed by atoms with Crippen molar-refractivity contribution in [1.82, 2.24) is 0 Å². The summed E-state index contributed by atoms with van der Waals surface area (Å²) in [5, 5.41) is 28.3. The first-order chi connectivity index (χ1) is 11.9. The fourth-order valence-electron chi connectivity index (χ4n) is 2.67. The van der Waals surface area contributed by atoms with E-state index in [0.29, 0.717) is 6.42 Å². The second kappa shape index (κ2) is 13.6. The van der Waals surface area contributed by atoms with E-state index in [-0.39, 0.29) is 0 Å². The minimum atomic E-state index is -1.11. The number of aliphatic hydroxyl groups is 2. The Hall–Kier alpha value is -1.65. The molecule has 2 atom stereocenters. The summed E-state index contributed by atoms with van der Waals surface area (Å²) in [6, 6.07) is 9.54. The maximum atomic E-state index is 10.8. The SMILES string of the molecule is C=CC(=O)O.CCCCCCCCCC(O)(c1ccccc1)C(C)O. The van der Waals surface area contributed by atoms with E-state index in [1.54, 1.807) is 6.92 Å². The Morgan fingerprint density at radius 2 is 1.60 bits per heavy atom. The van der Waals surface area contributed by atoms with Crippen LogP contribution in [-0.4, -0.2) is 27.4 Å². The Kier molecular flexibility index (Phi) is 12.7. The topological polar surface area (TPSA) is 77.8 Å². The van der Waals surface area contributed by atoms with Crippen LogP contribution in [0.4, 0.5) is 0 Å². The average molecular weight is 350 g/mol. The minimum Gasteiger partial charge on any atom is -0.478 e. The van der Waals surface area contributed by atoms with Crippen molar-refractivity contribution in [3.05, 3.63) is 48.6 Å². The number of hydrogen-bond acceptors (Lipinski definition) is 3. The Labute approximate surface area is 152 Å². The molecule has 4 nitrogen and oxygen atoms in total. The van der Waals surface area contributed by atoms with Crippen molar-refractivity contribution in [1.29, 1.82) is 0 Å². The van der Waals surface area contributed by atoms with Gasteiger partial charge in [-0.05, 0) is 18.9 Å². The molecule has 25 heavy (non-hydrogen) atoms. The first-order valence-corrected chi connectivity index (χ1v) is 9.19. The van der Waals surface area contributed by atoms with Crippen LogP contribution in [0.5, 0.6) is 0 Å². The quantitative estimate of drug-likeness (QED) is 0.401. The summed E-state index contributed by atoms with van der Waals surface area (Å²) in [7, 11) is 0. The first-order valence-electron chi connectivity index (χ1n) is 9.19. The summed E-state index contributed by atoms with van der Waals surface area (Å²) >= 11 is 0. The van der Waals surface area contributed by atoms with E-state index >= 15 is 0 Å². The normalized spacial score (nSPS) is 13.9. The van der Waals surface area contributed by atoms with Gasteiger partial charge in [0.2, 0.25) is 0 Å². The zero-order valence-electron chi connectivity index (χ0n) is 15.7. The molecule has 4 heteroatoms. The van der Waals surface area contributed by atoms with Gasteiger partial charge in [0.05, 0.1) is 6.10 Å². The van der Waals surface area contributed by atoms with E-state index in [1.165, 1.54) is 32.1 Å². The molecule has 0 bridgehead atoms. The van der Waals surface area contributed by atoms with Crippen molar-refractivity contribution in [3.63, 3.8) is 0 Å². The Bertz CT molecular complexity index is 470. The zero-order chi connectivity index (χ0) is 19.1. The van der Waals surface area contributed by atoms with Crippen molar-refractivity contribution < 1.29 is 20.1 Å². The van der Waals surface area contributed by atoms with Gasteiger partial charge in [-0.1, -0.05) is 88.8 Å². The highest BCUT2D eigenvalue weighted by Gasteiger charge is 2.33. The van der Waals surface area contributed by atoms with Gasteiger partial charge >= 0.3 is 5.97 Å². The third kappa shape index (κ3) is 10.0. The van der Waals surface area contributed by atoms with Gasteiger partial charge in [0.25, 0.3) is 0 Å².